The number of halogens is 2. The number of thioether (sulfide) groups is 1. The van der Waals surface area contributed by atoms with Gasteiger partial charge in [-0.15, -0.1) is 11.8 Å². The van der Waals surface area contributed by atoms with E-state index in [4.69, 9.17) is 10.8 Å². The van der Waals surface area contributed by atoms with Crippen LogP contribution in [-0.2, 0) is 10.5 Å². The number of aliphatic carboxylic acids is 1. The van der Waals surface area contributed by atoms with Crippen LogP contribution in [0.5, 0.6) is 0 Å². The van der Waals surface area contributed by atoms with Gasteiger partial charge < -0.3 is 10.8 Å². The number of rotatable bonds is 5. The summed E-state index contributed by atoms with van der Waals surface area (Å²) >= 11 is 4.61. The lowest BCUT2D eigenvalue weighted by atomic mass is 10.1. The standard InChI is InChI=1S/C12H15BrFNO2S/c1-12(2,10(15)11(16)17)18-6-7-3-8(13)5-9(14)4-7/h3-5,10H,6,15H2,1-2H3,(H,16,17)/t10-/m1/s1. The van der Waals surface area contributed by atoms with Gasteiger partial charge in [-0.25, -0.2) is 4.39 Å². The van der Waals surface area contributed by atoms with Crippen molar-refractivity contribution in [2.75, 3.05) is 0 Å². The van der Waals surface area contributed by atoms with Gasteiger partial charge in [0.25, 0.3) is 0 Å². The Bertz CT molecular complexity index is 433. The zero-order chi connectivity index (χ0) is 13.9. The fourth-order valence-corrected chi connectivity index (χ4v) is 2.85. The molecule has 1 atom stereocenters. The minimum absolute atomic E-state index is 0.319. The van der Waals surface area contributed by atoms with E-state index in [1.807, 2.05) is 0 Å². The van der Waals surface area contributed by atoms with E-state index in [1.54, 1.807) is 19.9 Å². The third-order valence-corrected chi connectivity index (χ3v) is 4.48. The van der Waals surface area contributed by atoms with Crippen LogP contribution in [0.15, 0.2) is 22.7 Å². The smallest absolute Gasteiger partial charge is 0.321 e. The molecule has 1 rings (SSSR count). The Morgan fingerprint density at radius 3 is 2.67 bits per heavy atom. The van der Waals surface area contributed by atoms with Gasteiger partial charge in [0, 0.05) is 15.0 Å². The normalized spacial score (nSPS) is 13.4. The van der Waals surface area contributed by atoms with Crippen LogP contribution >= 0.6 is 27.7 Å². The van der Waals surface area contributed by atoms with Gasteiger partial charge in [-0.1, -0.05) is 15.9 Å². The maximum atomic E-state index is 13.2. The number of carboxylic acid groups (broad SMARTS) is 1. The largest absolute Gasteiger partial charge is 0.480 e. The molecule has 0 heterocycles. The first kappa shape index (κ1) is 15.5. The Labute approximate surface area is 118 Å². The minimum atomic E-state index is -1.03. The highest BCUT2D eigenvalue weighted by Crippen LogP contribution is 2.31. The number of benzene rings is 1. The molecule has 0 saturated carbocycles. The third kappa shape index (κ3) is 4.26. The summed E-state index contributed by atoms with van der Waals surface area (Å²) in [5.74, 6) is -0.849. The van der Waals surface area contributed by atoms with Gasteiger partial charge in [0.2, 0.25) is 0 Å². The average molecular weight is 336 g/mol. The molecule has 0 spiro atoms. The predicted octanol–water partition coefficient (Wildman–Crippen LogP) is 3.01. The van der Waals surface area contributed by atoms with Crippen LogP contribution in [0.1, 0.15) is 19.4 Å². The molecule has 0 aliphatic rings. The molecule has 0 amide bonds. The van der Waals surface area contributed by atoms with Crippen LogP contribution < -0.4 is 5.73 Å². The molecule has 0 fully saturated rings. The van der Waals surface area contributed by atoms with E-state index in [2.05, 4.69) is 15.9 Å². The van der Waals surface area contributed by atoms with Crippen molar-refractivity contribution in [2.24, 2.45) is 5.73 Å². The topological polar surface area (TPSA) is 63.3 Å². The van der Waals surface area contributed by atoms with Gasteiger partial charge in [-0.05, 0) is 37.6 Å². The molecule has 0 radical (unpaired) electrons. The first-order valence-electron chi connectivity index (χ1n) is 5.29. The van der Waals surface area contributed by atoms with E-state index in [0.717, 1.165) is 5.56 Å². The second-order valence-corrected chi connectivity index (χ2v) is 7.03. The summed E-state index contributed by atoms with van der Waals surface area (Å²) in [4.78, 5) is 10.9. The number of carbonyl (C=O) groups is 1. The van der Waals surface area contributed by atoms with Gasteiger partial charge in [0.05, 0.1) is 0 Å². The minimum Gasteiger partial charge on any atom is -0.480 e. The zero-order valence-corrected chi connectivity index (χ0v) is 12.5. The van der Waals surface area contributed by atoms with Gasteiger partial charge in [-0.2, -0.15) is 0 Å². The van der Waals surface area contributed by atoms with Crippen LogP contribution in [0.3, 0.4) is 0 Å². The van der Waals surface area contributed by atoms with Crippen LogP contribution in [0, 0.1) is 5.82 Å². The predicted molar refractivity (Wildman–Crippen MR) is 75.1 cm³/mol. The summed E-state index contributed by atoms with van der Waals surface area (Å²) in [6.07, 6.45) is 0. The van der Waals surface area contributed by atoms with Crippen molar-refractivity contribution in [1.82, 2.24) is 0 Å². The number of hydrogen-bond donors (Lipinski definition) is 2. The highest BCUT2D eigenvalue weighted by atomic mass is 79.9. The maximum Gasteiger partial charge on any atom is 0.321 e. The number of nitrogens with two attached hydrogens (primary N) is 1. The van der Waals surface area contributed by atoms with E-state index >= 15 is 0 Å². The van der Waals surface area contributed by atoms with Crippen LogP contribution in [0.2, 0.25) is 0 Å². The Hall–Kier alpha value is -0.590. The molecule has 18 heavy (non-hydrogen) atoms. The van der Waals surface area contributed by atoms with Crippen molar-refractivity contribution in [3.63, 3.8) is 0 Å². The van der Waals surface area contributed by atoms with Crippen molar-refractivity contribution >= 4 is 33.7 Å². The molecule has 0 bridgehead atoms. The molecule has 1 aromatic rings. The van der Waals surface area contributed by atoms with Crippen LogP contribution in [0.25, 0.3) is 0 Å². The van der Waals surface area contributed by atoms with E-state index in [1.165, 1.54) is 23.9 Å². The summed E-state index contributed by atoms with van der Waals surface area (Å²) < 4.78 is 13.2. The molecule has 0 aliphatic heterocycles. The summed E-state index contributed by atoms with van der Waals surface area (Å²) in [6.45, 7) is 3.54. The monoisotopic (exact) mass is 335 g/mol. The zero-order valence-electron chi connectivity index (χ0n) is 10.1. The molecule has 0 unspecified atom stereocenters. The quantitative estimate of drug-likeness (QED) is 0.868. The Morgan fingerprint density at radius 1 is 1.56 bits per heavy atom. The van der Waals surface area contributed by atoms with E-state index in [-0.39, 0.29) is 5.82 Å². The average Bonchev–Trinajstić information content (AvgIpc) is 2.24. The lowest BCUT2D eigenvalue weighted by Gasteiger charge is -2.28. The van der Waals surface area contributed by atoms with Crippen LogP contribution in [-0.4, -0.2) is 21.9 Å². The first-order valence-corrected chi connectivity index (χ1v) is 7.07. The summed E-state index contributed by atoms with van der Waals surface area (Å²) in [5, 5.41) is 8.90. The molecule has 0 aliphatic carbocycles. The highest BCUT2D eigenvalue weighted by Gasteiger charge is 2.32. The fraction of sp³-hybridized carbons (Fsp3) is 0.417. The molecule has 100 valence electrons. The van der Waals surface area contributed by atoms with Gasteiger partial charge in [-0.3, -0.25) is 4.79 Å². The second-order valence-electron chi connectivity index (χ2n) is 4.49. The van der Waals surface area contributed by atoms with Crippen molar-refractivity contribution in [3.05, 3.63) is 34.1 Å². The number of hydrogen-bond acceptors (Lipinski definition) is 3. The van der Waals surface area contributed by atoms with E-state index in [9.17, 15) is 9.18 Å². The summed E-state index contributed by atoms with van der Waals surface area (Å²) in [7, 11) is 0. The molecular formula is C12H15BrFNO2S. The molecule has 3 N–H and O–H groups in total. The van der Waals surface area contributed by atoms with E-state index in [0.29, 0.717) is 10.2 Å². The fourth-order valence-electron chi connectivity index (χ4n) is 1.35. The Morgan fingerprint density at radius 2 is 2.17 bits per heavy atom. The molecule has 3 nitrogen and oxygen atoms in total. The Balaban J connectivity index is 2.72. The maximum absolute atomic E-state index is 13.2. The lowest BCUT2D eigenvalue weighted by Crippen LogP contribution is -2.46. The second kappa shape index (κ2) is 6.04. The lowest BCUT2D eigenvalue weighted by molar-refractivity contribution is -0.139. The van der Waals surface area contributed by atoms with Gasteiger partial charge >= 0.3 is 5.97 Å². The number of carboxylic acids is 1. The third-order valence-electron chi connectivity index (χ3n) is 2.55. The van der Waals surface area contributed by atoms with Crippen molar-refractivity contribution < 1.29 is 14.3 Å². The van der Waals surface area contributed by atoms with Crippen molar-refractivity contribution in [3.8, 4) is 0 Å². The van der Waals surface area contributed by atoms with Gasteiger partial charge in [0.1, 0.15) is 11.9 Å². The molecule has 6 heteroatoms. The molecule has 1 aromatic carbocycles. The van der Waals surface area contributed by atoms with E-state index < -0.39 is 16.8 Å². The van der Waals surface area contributed by atoms with Crippen LogP contribution in [0.4, 0.5) is 4.39 Å². The summed E-state index contributed by atoms with van der Waals surface area (Å²) in [6, 6.07) is 3.65. The first-order chi connectivity index (χ1) is 8.22. The van der Waals surface area contributed by atoms with Crippen molar-refractivity contribution in [1.29, 1.82) is 0 Å². The summed E-state index contributed by atoms with van der Waals surface area (Å²) in [5.41, 5.74) is 6.40. The molecule has 0 saturated heterocycles. The SMILES string of the molecule is CC(C)(SCc1cc(F)cc(Br)c1)[C@H](N)C(=O)O. The highest BCUT2D eigenvalue weighted by molar-refractivity contribution is 9.10. The van der Waals surface area contributed by atoms with Crippen molar-refractivity contribution in [2.45, 2.75) is 30.4 Å². The molecule has 0 aromatic heterocycles. The van der Waals surface area contributed by atoms with Gasteiger partial charge in [0.15, 0.2) is 0 Å². The Kier molecular flexibility index (Phi) is 5.19. The molecular weight excluding hydrogens is 321 g/mol.